The van der Waals surface area contributed by atoms with E-state index in [0.717, 1.165) is 36.4 Å². The third-order valence-corrected chi connectivity index (χ3v) is 7.35. The number of hydrogen-bond donors (Lipinski definition) is 3. The minimum absolute atomic E-state index is 0.176. The van der Waals surface area contributed by atoms with Crippen molar-refractivity contribution in [1.29, 1.82) is 0 Å². The Kier molecular flexibility index (Phi) is 9.59. The van der Waals surface area contributed by atoms with E-state index < -0.39 is 0 Å². The van der Waals surface area contributed by atoms with Crippen molar-refractivity contribution >= 4 is 29.0 Å². The lowest BCUT2D eigenvalue weighted by Crippen LogP contribution is -2.54. The molecule has 38 heavy (non-hydrogen) atoms. The SMILES string of the molecule is CCOc1ccccc1NC(=O)N[C@@H]1CCCC[C@H]1NC(=O)c1csc(COc2ccc(C(C)C)cc2)n1. The minimum atomic E-state index is -0.321. The number of para-hydroxylation sites is 2. The van der Waals surface area contributed by atoms with Crippen LogP contribution in [0.5, 0.6) is 11.5 Å². The van der Waals surface area contributed by atoms with Gasteiger partial charge >= 0.3 is 6.03 Å². The normalized spacial score (nSPS) is 17.1. The molecule has 9 heteroatoms. The van der Waals surface area contributed by atoms with E-state index in [1.54, 1.807) is 11.4 Å². The second kappa shape index (κ2) is 13.3. The Balaban J connectivity index is 1.30. The van der Waals surface area contributed by atoms with Gasteiger partial charge in [0.05, 0.1) is 18.3 Å². The number of carbonyl (C=O) groups is 2. The van der Waals surface area contributed by atoms with Crippen molar-refractivity contribution in [2.24, 2.45) is 0 Å². The van der Waals surface area contributed by atoms with Gasteiger partial charge in [-0.2, -0.15) is 0 Å². The van der Waals surface area contributed by atoms with Crippen LogP contribution in [0, 0.1) is 0 Å². The molecule has 3 amide bonds. The highest BCUT2D eigenvalue weighted by atomic mass is 32.1. The zero-order valence-corrected chi connectivity index (χ0v) is 23.0. The Hall–Kier alpha value is -3.59. The van der Waals surface area contributed by atoms with E-state index in [-0.39, 0.29) is 24.0 Å². The van der Waals surface area contributed by atoms with Crippen LogP contribution in [-0.2, 0) is 6.61 Å². The summed E-state index contributed by atoms with van der Waals surface area (Å²) in [7, 11) is 0. The molecule has 1 aliphatic rings. The van der Waals surface area contributed by atoms with Gasteiger partial charge in [-0.1, -0.05) is 51.0 Å². The first kappa shape index (κ1) is 27.4. The summed E-state index contributed by atoms with van der Waals surface area (Å²) < 4.78 is 11.4. The number of benzene rings is 2. The first-order valence-electron chi connectivity index (χ1n) is 13.2. The van der Waals surface area contributed by atoms with Crippen LogP contribution in [0.15, 0.2) is 53.9 Å². The predicted molar refractivity (Wildman–Crippen MR) is 150 cm³/mol. The Morgan fingerprint density at radius 1 is 1.00 bits per heavy atom. The molecule has 0 spiro atoms. The van der Waals surface area contributed by atoms with Crippen molar-refractivity contribution in [2.45, 2.75) is 71.1 Å². The van der Waals surface area contributed by atoms with E-state index >= 15 is 0 Å². The van der Waals surface area contributed by atoms with Gasteiger partial charge in [0.1, 0.15) is 28.8 Å². The highest BCUT2D eigenvalue weighted by Gasteiger charge is 2.29. The highest BCUT2D eigenvalue weighted by Crippen LogP contribution is 2.25. The summed E-state index contributed by atoms with van der Waals surface area (Å²) in [6.07, 6.45) is 3.56. The predicted octanol–water partition coefficient (Wildman–Crippen LogP) is 6.11. The molecule has 2 atom stereocenters. The Bertz CT molecular complexity index is 1210. The number of amides is 3. The average molecular weight is 537 g/mol. The average Bonchev–Trinajstić information content (AvgIpc) is 3.39. The largest absolute Gasteiger partial charge is 0.492 e. The van der Waals surface area contributed by atoms with Crippen LogP contribution in [0.4, 0.5) is 10.5 Å². The van der Waals surface area contributed by atoms with Gasteiger partial charge in [0.15, 0.2) is 0 Å². The molecule has 1 heterocycles. The van der Waals surface area contributed by atoms with Crippen molar-refractivity contribution in [3.63, 3.8) is 0 Å². The lowest BCUT2D eigenvalue weighted by Gasteiger charge is -2.32. The number of carbonyl (C=O) groups excluding carboxylic acids is 2. The number of rotatable bonds is 10. The molecule has 0 radical (unpaired) electrons. The van der Waals surface area contributed by atoms with E-state index in [1.165, 1.54) is 16.9 Å². The van der Waals surface area contributed by atoms with Crippen LogP contribution in [-0.4, -0.2) is 35.6 Å². The lowest BCUT2D eigenvalue weighted by molar-refractivity contribution is 0.0911. The molecule has 3 aromatic rings. The molecule has 8 nitrogen and oxygen atoms in total. The second-order valence-electron chi connectivity index (χ2n) is 9.64. The smallest absolute Gasteiger partial charge is 0.319 e. The molecule has 0 saturated heterocycles. The van der Waals surface area contributed by atoms with Crippen molar-refractivity contribution in [1.82, 2.24) is 15.6 Å². The summed E-state index contributed by atoms with van der Waals surface area (Å²) in [5.74, 6) is 1.62. The van der Waals surface area contributed by atoms with Gasteiger partial charge in [-0.25, -0.2) is 9.78 Å². The Morgan fingerprint density at radius 2 is 1.71 bits per heavy atom. The standard InChI is InChI=1S/C29H36N4O4S/c1-4-36-26-12-8-7-11-24(26)33-29(35)32-23-10-6-5-9-22(23)31-28(34)25-18-38-27(30-25)17-37-21-15-13-20(14-16-21)19(2)3/h7-8,11-16,18-19,22-23H,4-6,9-10,17H2,1-3H3,(H,31,34)(H2,32,33,35)/t22-,23-/m1/s1. The molecule has 3 N–H and O–H groups in total. The van der Waals surface area contributed by atoms with Crippen LogP contribution >= 0.6 is 11.3 Å². The summed E-state index contributed by atoms with van der Waals surface area (Å²) in [6.45, 7) is 7.02. The van der Waals surface area contributed by atoms with Crippen molar-refractivity contribution < 1.29 is 19.1 Å². The van der Waals surface area contributed by atoms with Crippen LogP contribution in [0.3, 0.4) is 0 Å². The van der Waals surface area contributed by atoms with Gasteiger partial charge in [-0.15, -0.1) is 11.3 Å². The van der Waals surface area contributed by atoms with Gasteiger partial charge in [0.2, 0.25) is 0 Å². The number of aromatic nitrogens is 1. The summed E-state index contributed by atoms with van der Waals surface area (Å²) in [5.41, 5.74) is 2.23. The molecule has 1 saturated carbocycles. The number of hydrogen-bond acceptors (Lipinski definition) is 6. The minimum Gasteiger partial charge on any atom is -0.492 e. The zero-order valence-electron chi connectivity index (χ0n) is 22.2. The van der Waals surface area contributed by atoms with Gasteiger partial charge in [-0.05, 0) is 55.5 Å². The zero-order chi connectivity index (χ0) is 26.9. The van der Waals surface area contributed by atoms with E-state index in [4.69, 9.17) is 9.47 Å². The second-order valence-corrected chi connectivity index (χ2v) is 10.6. The molecule has 2 aromatic carbocycles. The van der Waals surface area contributed by atoms with Crippen molar-refractivity contribution in [3.05, 3.63) is 70.2 Å². The number of thiazole rings is 1. The third-order valence-electron chi connectivity index (χ3n) is 6.53. The summed E-state index contributed by atoms with van der Waals surface area (Å²) in [6, 6.07) is 14.7. The molecule has 1 aliphatic carbocycles. The summed E-state index contributed by atoms with van der Waals surface area (Å²) in [4.78, 5) is 30.2. The molecule has 1 fully saturated rings. The van der Waals surface area contributed by atoms with Gasteiger partial charge in [0.25, 0.3) is 5.91 Å². The number of ether oxygens (including phenoxy) is 2. The maximum Gasteiger partial charge on any atom is 0.319 e. The van der Waals surface area contributed by atoms with Gasteiger partial charge < -0.3 is 25.4 Å². The van der Waals surface area contributed by atoms with Crippen LogP contribution in [0.1, 0.15) is 73.4 Å². The fourth-order valence-corrected chi connectivity index (χ4v) is 5.16. The molecule has 1 aromatic heterocycles. The summed E-state index contributed by atoms with van der Waals surface area (Å²) in [5, 5.41) is 11.5. The van der Waals surface area contributed by atoms with E-state index in [1.807, 2.05) is 37.3 Å². The maximum atomic E-state index is 13.0. The maximum absolute atomic E-state index is 13.0. The lowest BCUT2D eigenvalue weighted by atomic mass is 9.90. The fraction of sp³-hybridized carbons (Fsp3) is 0.414. The topological polar surface area (TPSA) is 102 Å². The van der Waals surface area contributed by atoms with Crippen LogP contribution in [0.2, 0.25) is 0 Å². The van der Waals surface area contributed by atoms with Crippen LogP contribution in [0.25, 0.3) is 0 Å². The first-order valence-corrected chi connectivity index (χ1v) is 14.1. The number of nitrogens with zero attached hydrogens (tertiary/aromatic N) is 1. The van der Waals surface area contributed by atoms with Crippen molar-refractivity contribution in [3.8, 4) is 11.5 Å². The van der Waals surface area contributed by atoms with Gasteiger partial charge in [-0.3, -0.25) is 4.79 Å². The number of urea groups is 1. The molecule has 202 valence electrons. The molecule has 4 rings (SSSR count). The quantitative estimate of drug-likeness (QED) is 0.290. The fourth-order valence-electron chi connectivity index (χ4n) is 4.47. The molecular formula is C29H36N4O4S. The highest BCUT2D eigenvalue weighted by molar-refractivity contribution is 7.09. The van der Waals surface area contributed by atoms with Gasteiger partial charge in [0, 0.05) is 11.4 Å². The van der Waals surface area contributed by atoms with E-state index in [0.29, 0.717) is 36.3 Å². The van der Waals surface area contributed by atoms with E-state index in [9.17, 15) is 9.59 Å². The molecular weight excluding hydrogens is 500 g/mol. The van der Waals surface area contributed by atoms with E-state index in [2.05, 4.69) is 46.9 Å². The monoisotopic (exact) mass is 536 g/mol. The molecule has 0 aliphatic heterocycles. The number of nitrogens with one attached hydrogen (secondary N) is 3. The Labute approximate surface area is 228 Å². The third kappa shape index (κ3) is 7.47. The summed E-state index contributed by atoms with van der Waals surface area (Å²) >= 11 is 1.40. The van der Waals surface area contributed by atoms with Crippen LogP contribution < -0.4 is 25.4 Å². The molecule has 0 unspecified atom stereocenters. The Morgan fingerprint density at radius 3 is 2.42 bits per heavy atom. The molecule has 0 bridgehead atoms. The first-order chi connectivity index (χ1) is 18.4. The number of anilines is 1. The van der Waals surface area contributed by atoms with Crippen molar-refractivity contribution in [2.75, 3.05) is 11.9 Å².